The predicted molar refractivity (Wildman–Crippen MR) is 98.5 cm³/mol. The van der Waals surface area contributed by atoms with Gasteiger partial charge in [-0.25, -0.2) is 18.2 Å². The first kappa shape index (κ1) is 18.1. The van der Waals surface area contributed by atoms with Crippen LogP contribution in [0.1, 0.15) is 22.5 Å². The topological polar surface area (TPSA) is 110 Å². The second-order valence-electron chi connectivity index (χ2n) is 6.16. The molecule has 0 aliphatic carbocycles. The normalized spacial score (nSPS) is 18.3. The van der Waals surface area contributed by atoms with Crippen molar-refractivity contribution < 1.29 is 17.9 Å². The predicted octanol–water partition coefficient (Wildman–Crippen LogP) is 1.91. The lowest BCUT2D eigenvalue weighted by Crippen LogP contribution is -2.22. The minimum atomic E-state index is -2.97. The van der Waals surface area contributed by atoms with Gasteiger partial charge in [-0.1, -0.05) is 0 Å². The molecule has 1 aromatic carbocycles. The number of hydrogen-bond acceptors (Lipinski definition) is 8. The van der Waals surface area contributed by atoms with E-state index in [1.54, 1.807) is 30.3 Å². The summed E-state index contributed by atoms with van der Waals surface area (Å²) in [5, 5.41) is 6.24. The molecule has 3 rings (SSSR count). The fourth-order valence-corrected chi connectivity index (χ4v) is 4.42. The van der Waals surface area contributed by atoms with Crippen LogP contribution in [0.3, 0.4) is 0 Å². The van der Waals surface area contributed by atoms with E-state index in [0.717, 1.165) is 11.4 Å². The van der Waals surface area contributed by atoms with Gasteiger partial charge in [0.05, 0.1) is 24.2 Å². The Balaban J connectivity index is 1.72. The van der Waals surface area contributed by atoms with Gasteiger partial charge in [-0.3, -0.25) is 0 Å². The summed E-state index contributed by atoms with van der Waals surface area (Å²) in [7, 11) is -1.63. The standard InChI is InChI=1S/C17H20N4O4S/c1-11-9-15(19-13-5-3-12(4-6-13)16(22)25-2)21-17(18-11)20-14-7-8-26(23,24)10-14/h3-6,9,14H,7-8,10H2,1-2H3,(H2,18,19,20,21). The molecular formula is C17H20N4O4S. The molecule has 0 amide bonds. The van der Waals surface area contributed by atoms with Crippen molar-refractivity contribution in [2.24, 2.45) is 0 Å². The number of nitrogens with one attached hydrogen (secondary N) is 2. The highest BCUT2D eigenvalue weighted by atomic mass is 32.2. The van der Waals surface area contributed by atoms with Crippen molar-refractivity contribution in [2.45, 2.75) is 19.4 Å². The zero-order valence-electron chi connectivity index (χ0n) is 14.5. The van der Waals surface area contributed by atoms with Crippen LogP contribution in [0.25, 0.3) is 0 Å². The van der Waals surface area contributed by atoms with Gasteiger partial charge in [-0.15, -0.1) is 0 Å². The van der Waals surface area contributed by atoms with E-state index in [0.29, 0.717) is 23.8 Å². The largest absolute Gasteiger partial charge is 0.465 e. The van der Waals surface area contributed by atoms with Crippen LogP contribution in [0.2, 0.25) is 0 Å². The van der Waals surface area contributed by atoms with E-state index in [2.05, 4.69) is 25.3 Å². The first-order valence-corrected chi connectivity index (χ1v) is 9.95. The minimum Gasteiger partial charge on any atom is -0.465 e. The summed E-state index contributed by atoms with van der Waals surface area (Å²) in [6, 6.07) is 8.43. The summed E-state index contributed by atoms with van der Waals surface area (Å²) in [5.41, 5.74) is 1.96. The molecule has 1 aromatic heterocycles. The molecule has 0 bridgehead atoms. The maximum absolute atomic E-state index is 11.6. The molecule has 9 heteroatoms. The molecule has 138 valence electrons. The van der Waals surface area contributed by atoms with Crippen molar-refractivity contribution >= 4 is 33.3 Å². The molecule has 0 saturated carbocycles. The maximum atomic E-state index is 11.6. The average molecular weight is 376 g/mol. The highest BCUT2D eigenvalue weighted by molar-refractivity contribution is 7.91. The number of methoxy groups -OCH3 is 1. The van der Waals surface area contributed by atoms with Gasteiger partial charge in [0.2, 0.25) is 5.95 Å². The quantitative estimate of drug-likeness (QED) is 0.762. The van der Waals surface area contributed by atoms with Gasteiger partial charge < -0.3 is 15.4 Å². The number of esters is 1. The van der Waals surface area contributed by atoms with Crippen LogP contribution < -0.4 is 10.6 Å². The molecule has 8 nitrogen and oxygen atoms in total. The third-order valence-electron chi connectivity index (χ3n) is 4.00. The Kier molecular flexibility index (Phi) is 5.08. The fourth-order valence-electron chi connectivity index (χ4n) is 2.74. The summed E-state index contributed by atoms with van der Waals surface area (Å²) in [5.74, 6) is 0.857. The number of aromatic nitrogens is 2. The third kappa shape index (κ3) is 4.48. The minimum absolute atomic E-state index is 0.0993. The van der Waals surface area contributed by atoms with Crippen molar-refractivity contribution in [3.8, 4) is 0 Å². The number of carbonyl (C=O) groups excluding carboxylic acids is 1. The Morgan fingerprint density at radius 2 is 1.96 bits per heavy atom. The van der Waals surface area contributed by atoms with Crippen LogP contribution in [0.4, 0.5) is 17.5 Å². The fraction of sp³-hybridized carbons (Fsp3) is 0.353. The van der Waals surface area contributed by atoms with E-state index in [1.165, 1.54) is 7.11 Å². The Morgan fingerprint density at radius 1 is 1.23 bits per heavy atom. The van der Waals surface area contributed by atoms with Gasteiger partial charge in [0.15, 0.2) is 9.84 Å². The van der Waals surface area contributed by atoms with E-state index < -0.39 is 15.8 Å². The van der Waals surface area contributed by atoms with Gasteiger partial charge in [-0.2, -0.15) is 4.98 Å². The number of sulfone groups is 1. The molecule has 1 unspecified atom stereocenters. The Labute approximate surface area is 151 Å². The average Bonchev–Trinajstić information content (AvgIpc) is 2.93. The number of carbonyl (C=O) groups is 1. The molecule has 1 aliphatic heterocycles. The van der Waals surface area contributed by atoms with Crippen molar-refractivity contribution in [1.82, 2.24) is 9.97 Å². The monoisotopic (exact) mass is 376 g/mol. The molecule has 1 atom stereocenters. The molecule has 1 saturated heterocycles. The summed E-state index contributed by atoms with van der Waals surface area (Å²) in [4.78, 5) is 20.2. The molecular weight excluding hydrogens is 356 g/mol. The number of nitrogens with zero attached hydrogens (tertiary/aromatic N) is 2. The molecule has 0 radical (unpaired) electrons. The number of benzene rings is 1. The summed E-state index contributed by atoms with van der Waals surface area (Å²) >= 11 is 0. The number of aryl methyl sites for hydroxylation is 1. The summed E-state index contributed by atoms with van der Waals surface area (Å²) in [6.07, 6.45) is 0.553. The van der Waals surface area contributed by atoms with Crippen LogP contribution in [0.15, 0.2) is 30.3 Å². The number of ether oxygens (including phenoxy) is 1. The van der Waals surface area contributed by atoms with Gasteiger partial charge >= 0.3 is 5.97 Å². The lowest BCUT2D eigenvalue weighted by Gasteiger charge is -2.13. The summed E-state index contributed by atoms with van der Waals surface area (Å²) in [6.45, 7) is 1.84. The van der Waals surface area contributed by atoms with E-state index in [-0.39, 0.29) is 17.5 Å². The SMILES string of the molecule is COC(=O)c1ccc(Nc2cc(C)nc(NC3CCS(=O)(=O)C3)n2)cc1. The van der Waals surface area contributed by atoms with Crippen LogP contribution in [-0.2, 0) is 14.6 Å². The van der Waals surface area contributed by atoms with Gasteiger partial charge in [0, 0.05) is 23.5 Å². The van der Waals surface area contributed by atoms with Crippen LogP contribution >= 0.6 is 0 Å². The van der Waals surface area contributed by atoms with Crippen molar-refractivity contribution in [1.29, 1.82) is 0 Å². The molecule has 2 N–H and O–H groups in total. The zero-order chi connectivity index (χ0) is 18.7. The van der Waals surface area contributed by atoms with Crippen LogP contribution in [0, 0.1) is 6.92 Å². The second-order valence-corrected chi connectivity index (χ2v) is 8.39. The third-order valence-corrected chi connectivity index (χ3v) is 5.77. The Hall–Kier alpha value is -2.68. The number of anilines is 3. The maximum Gasteiger partial charge on any atom is 0.337 e. The van der Waals surface area contributed by atoms with E-state index >= 15 is 0 Å². The van der Waals surface area contributed by atoms with E-state index in [4.69, 9.17) is 0 Å². The van der Waals surface area contributed by atoms with E-state index in [1.807, 2.05) is 6.92 Å². The van der Waals surface area contributed by atoms with E-state index in [9.17, 15) is 13.2 Å². The lowest BCUT2D eigenvalue weighted by molar-refractivity contribution is 0.0600. The van der Waals surface area contributed by atoms with Gasteiger partial charge in [-0.05, 0) is 37.6 Å². The molecule has 1 aliphatic rings. The summed E-state index contributed by atoms with van der Waals surface area (Å²) < 4.78 is 27.8. The highest BCUT2D eigenvalue weighted by Gasteiger charge is 2.28. The molecule has 1 fully saturated rings. The molecule has 2 aromatic rings. The second kappa shape index (κ2) is 7.28. The number of rotatable bonds is 5. The lowest BCUT2D eigenvalue weighted by atomic mass is 10.2. The van der Waals surface area contributed by atoms with Crippen LogP contribution in [0.5, 0.6) is 0 Å². The van der Waals surface area contributed by atoms with Crippen molar-refractivity contribution in [3.63, 3.8) is 0 Å². The Bertz CT molecular complexity index is 913. The zero-order valence-corrected chi connectivity index (χ0v) is 15.3. The molecule has 2 heterocycles. The molecule has 0 spiro atoms. The first-order valence-electron chi connectivity index (χ1n) is 8.13. The van der Waals surface area contributed by atoms with Gasteiger partial charge in [0.25, 0.3) is 0 Å². The number of hydrogen-bond donors (Lipinski definition) is 2. The highest BCUT2D eigenvalue weighted by Crippen LogP contribution is 2.20. The molecule has 26 heavy (non-hydrogen) atoms. The first-order chi connectivity index (χ1) is 12.3. The van der Waals surface area contributed by atoms with Crippen molar-refractivity contribution in [2.75, 3.05) is 29.2 Å². The Morgan fingerprint density at radius 3 is 2.58 bits per heavy atom. The smallest absolute Gasteiger partial charge is 0.337 e. The van der Waals surface area contributed by atoms with Crippen LogP contribution in [-0.4, -0.2) is 49.0 Å². The van der Waals surface area contributed by atoms with Crippen molar-refractivity contribution in [3.05, 3.63) is 41.6 Å². The van der Waals surface area contributed by atoms with Gasteiger partial charge in [0.1, 0.15) is 5.82 Å².